The zero-order valence-corrected chi connectivity index (χ0v) is 22.8. The molecule has 7 nitrogen and oxygen atoms in total. The van der Waals surface area contributed by atoms with Gasteiger partial charge in [0.2, 0.25) is 0 Å². The normalized spacial score (nSPS) is 33.1. The Morgan fingerprint density at radius 1 is 1.25 bits per heavy atom. The van der Waals surface area contributed by atoms with E-state index in [1.807, 2.05) is 31.2 Å². The predicted octanol–water partition coefficient (Wildman–Crippen LogP) is 4.94. The Morgan fingerprint density at radius 3 is 2.67 bits per heavy atom. The van der Waals surface area contributed by atoms with Gasteiger partial charge in [-0.25, -0.2) is 4.98 Å². The largest absolute Gasteiger partial charge is 0.481 e. The van der Waals surface area contributed by atoms with Crippen molar-refractivity contribution in [3.8, 4) is 0 Å². The molecule has 5 fully saturated rings. The van der Waals surface area contributed by atoms with Crippen molar-refractivity contribution in [2.45, 2.75) is 81.4 Å². The highest BCUT2D eigenvalue weighted by Gasteiger charge is 2.57. The van der Waals surface area contributed by atoms with Crippen LogP contribution < -0.4 is 4.90 Å². The lowest BCUT2D eigenvalue weighted by Crippen LogP contribution is -2.62. The van der Waals surface area contributed by atoms with Crippen LogP contribution in [-0.4, -0.2) is 71.5 Å². The van der Waals surface area contributed by atoms with E-state index in [1.54, 1.807) is 11.8 Å². The first-order valence-corrected chi connectivity index (χ1v) is 14.7. The van der Waals surface area contributed by atoms with E-state index in [-0.39, 0.29) is 29.9 Å². The van der Waals surface area contributed by atoms with Gasteiger partial charge in [0, 0.05) is 39.7 Å². The van der Waals surface area contributed by atoms with Crippen molar-refractivity contribution in [2.24, 2.45) is 23.7 Å². The van der Waals surface area contributed by atoms with Crippen molar-refractivity contribution in [1.29, 1.82) is 0 Å². The van der Waals surface area contributed by atoms with E-state index in [1.165, 1.54) is 19.3 Å². The maximum Gasteiger partial charge on any atom is 0.303 e. The summed E-state index contributed by atoms with van der Waals surface area (Å²) in [7, 11) is 3.87. The number of hydrogen-bond donors (Lipinski definition) is 1. The molecular formula is C28H41N3O4S. The third-order valence-corrected chi connectivity index (χ3v) is 10.4. The molecule has 4 aliphatic carbocycles. The average molecular weight is 516 g/mol. The van der Waals surface area contributed by atoms with Gasteiger partial charge in [0.15, 0.2) is 0 Å². The monoisotopic (exact) mass is 515 g/mol. The second-order valence-electron chi connectivity index (χ2n) is 11.7. The van der Waals surface area contributed by atoms with Crippen molar-refractivity contribution in [3.05, 3.63) is 17.7 Å². The molecule has 5 aliphatic rings. The van der Waals surface area contributed by atoms with Gasteiger partial charge < -0.3 is 19.6 Å². The Balaban J connectivity index is 1.36. The van der Waals surface area contributed by atoms with Crippen molar-refractivity contribution in [2.75, 3.05) is 37.9 Å². The molecule has 1 aliphatic heterocycles. The number of methoxy groups -OCH3 is 1. The molecular weight excluding hydrogens is 474 g/mol. The second-order valence-corrected chi connectivity index (χ2v) is 12.8. The second kappa shape index (κ2) is 10.5. The number of thioether (sulfide) groups is 1. The van der Waals surface area contributed by atoms with Crippen molar-refractivity contribution in [1.82, 2.24) is 9.88 Å². The molecule has 1 N–H and O–H groups in total. The highest BCUT2D eigenvalue weighted by molar-refractivity contribution is 7.99. The molecule has 0 aromatic carbocycles. The quantitative estimate of drug-likeness (QED) is 0.467. The van der Waals surface area contributed by atoms with Crippen LogP contribution in [0.15, 0.2) is 17.2 Å². The summed E-state index contributed by atoms with van der Waals surface area (Å²) in [5.74, 6) is 3.04. The van der Waals surface area contributed by atoms with Gasteiger partial charge in [0.05, 0.1) is 11.2 Å². The lowest BCUT2D eigenvalue weighted by molar-refractivity contribution is -0.168. The van der Waals surface area contributed by atoms with Gasteiger partial charge >= 0.3 is 5.97 Å². The fraction of sp³-hybridized carbons (Fsp3) is 0.750. The molecule has 4 saturated carbocycles. The van der Waals surface area contributed by atoms with Gasteiger partial charge in [-0.1, -0.05) is 6.92 Å². The van der Waals surface area contributed by atoms with Gasteiger partial charge in [-0.15, -0.1) is 11.8 Å². The Hall–Kier alpha value is -1.80. The lowest BCUT2D eigenvalue weighted by Gasteiger charge is -2.60. The summed E-state index contributed by atoms with van der Waals surface area (Å²) in [5, 5.41) is 10.0. The third-order valence-electron chi connectivity index (χ3n) is 9.19. The van der Waals surface area contributed by atoms with E-state index in [9.17, 15) is 14.7 Å². The molecule has 0 radical (unpaired) electrons. The molecule has 0 spiro atoms. The number of aliphatic carboxylic acids is 1. The number of amides is 1. The van der Waals surface area contributed by atoms with Crippen molar-refractivity contribution >= 4 is 29.5 Å². The molecule has 198 valence electrons. The molecule has 3 atom stereocenters. The Kier molecular flexibility index (Phi) is 7.55. The fourth-order valence-electron chi connectivity index (χ4n) is 7.90. The van der Waals surface area contributed by atoms with Crippen LogP contribution in [0, 0.1) is 23.7 Å². The number of pyridine rings is 1. The van der Waals surface area contributed by atoms with E-state index in [4.69, 9.17) is 9.72 Å². The Bertz CT molecular complexity index is 972. The Morgan fingerprint density at radius 2 is 2.00 bits per heavy atom. The smallest absolute Gasteiger partial charge is 0.303 e. The molecule has 36 heavy (non-hydrogen) atoms. The van der Waals surface area contributed by atoms with Crippen LogP contribution in [0.3, 0.4) is 0 Å². The molecule has 4 bridgehead atoms. The number of hydrogen-bond acceptors (Lipinski definition) is 6. The summed E-state index contributed by atoms with van der Waals surface area (Å²) in [5.41, 5.74) is 0.740. The summed E-state index contributed by atoms with van der Waals surface area (Å²) >= 11 is 1.66. The molecule has 1 aromatic rings. The molecule has 8 heteroatoms. The molecule has 1 aromatic heterocycles. The SMILES string of the molecule is CCCSc1nc(N2CCC[C@@H](CC(=O)O)C2)ccc1C(=O)N(C)[C@H]1C2CC3CC1C[C@@](OC)(C3)C2. The molecule has 6 rings (SSSR count). The van der Waals surface area contributed by atoms with Crippen LogP contribution in [0.4, 0.5) is 5.82 Å². The lowest BCUT2D eigenvalue weighted by atomic mass is 9.52. The van der Waals surface area contributed by atoms with Crippen molar-refractivity contribution in [3.63, 3.8) is 0 Å². The van der Waals surface area contributed by atoms with Gasteiger partial charge in [-0.2, -0.15) is 0 Å². The fourth-order valence-corrected chi connectivity index (χ4v) is 8.76. The molecule has 2 heterocycles. The summed E-state index contributed by atoms with van der Waals surface area (Å²) in [4.78, 5) is 34.4. The van der Waals surface area contributed by atoms with Crippen molar-refractivity contribution < 1.29 is 19.4 Å². The number of rotatable bonds is 9. The van der Waals surface area contributed by atoms with E-state index in [0.717, 1.165) is 61.2 Å². The van der Waals surface area contributed by atoms with Crippen LogP contribution in [-0.2, 0) is 9.53 Å². The van der Waals surface area contributed by atoms with Crippen LogP contribution in [0.1, 0.15) is 75.1 Å². The van der Waals surface area contributed by atoms with Gasteiger partial charge in [-0.3, -0.25) is 9.59 Å². The molecule has 1 amide bonds. The van der Waals surface area contributed by atoms with Gasteiger partial charge in [0.1, 0.15) is 10.8 Å². The summed E-state index contributed by atoms with van der Waals surface area (Å²) in [6.45, 7) is 3.73. The predicted molar refractivity (Wildman–Crippen MR) is 142 cm³/mol. The zero-order valence-electron chi connectivity index (χ0n) is 21.9. The van der Waals surface area contributed by atoms with Gasteiger partial charge in [-0.05, 0) is 92.9 Å². The van der Waals surface area contributed by atoms with Crippen LogP contribution in [0.25, 0.3) is 0 Å². The maximum absolute atomic E-state index is 13.9. The summed E-state index contributed by atoms with van der Waals surface area (Å²) in [6, 6.07) is 4.21. The highest BCUT2D eigenvalue weighted by Crippen LogP contribution is 2.58. The summed E-state index contributed by atoms with van der Waals surface area (Å²) in [6.07, 6.45) is 8.87. The number of anilines is 1. The first kappa shape index (κ1) is 25.8. The minimum absolute atomic E-state index is 0.0369. The van der Waals surface area contributed by atoms with Crippen LogP contribution >= 0.6 is 11.8 Å². The number of carbonyl (C=O) groups is 2. The topological polar surface area (TPSA) is 83.0 Å². The van der Waals surface area contributed by atoms with E-state index < -0.39 is 5.97 Å². The highest BCUT2D eigenvalue weighted by atomic mass is 32.2. The number of aromatic nitrogens is 1. The maximum atomic E-state index is 13.9. The number of nitrogens with zero attached hydrogens (tertiary/aromatic N) is 3. The number of carbonyl (C=O) groups excluding carboxylic acids is 1. The van der Waals surface area contributed by atoms with E-state index >= 15 is 0 Å². The minimum atomic E-state index is -0.737. The van der Waals surface area contributed by atoms with Gasteiger partial charge in [0.25, 0.3) is 5.91 Å². The number of carboxylic acid groups (broad SMARTS) is 1. The first-order chi connectivity index (χ1) is 17.3. The first-order valence-electron chi connectivity index (χ1n) is 13.8. The average Bonchev–Trinajstić information content (AvgIpc) is 2.86. The molecule has 1 saturated heterocycles. The van der Waals surface area contributed by atoms with E-state index in [2.05, 4.69) is 11.8 Å². The van der Waals surface area contributed by atoms with E-state index in [0.29, 0.717) is 23.9 Å². The van der Waals surface area contributed by atoms with Crippen LogP contribution in [0.5, 0.6) is 0 Å². The number of ether oxygens (including phenoxy) is 1. The number of carboxylic acids is 1. The standard InChI is InChI=1S/C28H41N3O4S/c1-4-10-36-26-22(7-8-23(29-26)31-9-5-6-18(17-31)13-24(32)33)27(34)30(2)25-20-11-19-12-21(25)16-28(14-19,15-20)35-3/h7-8,18-21,25H,4-6,9-17H2,1-3H3,(H,32,33)/t18-,19?,20?,21?,25-,28+/m0/s1. The van der Waals surface area contributed by atoms with Crippen LogP contribution in [0.2, 0.25) is 0 Å². The third kappa shape index (κ3) is 5.00. The summed E-state index contributed by atoms with van der Waals surface area (Å²) < 4.78 is 6.03. The minimum Gasteiger partial charge on any atom is -0.481 e. The number of piperidine rings is 1. The molecule has 2 unspecified atom stereocenters. The Labute approximate surface area is 219 Å². The zero-order chi connectivity index (χ0) is 25.4.